The van der Waals surface area contributed by atoms with E-state index in [0.29, 0.717) is 25.3 Å². The molecule has 1 aromatic carbocycles. The summed E-state index contributed by atoms with van der Waals surface area (Å²) in [7, 11) is 3.57. The number of piperazine rings is 1. The number of alkyl halides is 3. The molecule has 0 spiro atoms. The molecule has 2 aromatic rings. The number of anilines is 3. The van der Waals surface area contributed by atoms with Crippen molar-refractivity contribution in [2.24, 2.45) is 0 Å². The standard InChI is InChI=1S/C30H37F3N6O3/c1-6-26(40)38-16-14-37(15-17-38)13-12-35(4)28-20(2)8-7-9-23(28)36(5)29(42)24-10-11-27(41)39(24)25-19-22(30(31,32)33)18-21(3)34-25/h6-9,18-19,24H,1,10-17H2,2-5H3/t24-/m0/s1. The molecule has 226 valence electrons. The summed E-state index contributed by atoms with van der Waals surface area (Å²) in [5, 5.41) is 0. The second kappa shape index (κ2) is 12.5. The zero-order chi connectivity index (χ0) is 30.8. The topological polar surface area (TPSA) is 80.3 Å². The lowest BCUT2D eigenvalue weighted by atomic mass is 10.1. The third-order valence-electron chi connectivity index (χ3n) is 7.91. The molecule has 0 bridgehead atoms. The Morgan fingerprint density at radius 3 is 2.45 bits per heavy atom. The van der Waals surface area contributed by atoms with Gasteiger partial charge in [0.2, 0.25) is 17.7 Å². The second-order valence-corrected chi connectivity index (χ2v) is 10.8. The number of carbonyl (C=O) groups is 3. The van der Waals surface area contributed by atoms with Gasteiger partial charge in [0.1, 0.15) is 11.9 Å². The molecule has 2 aliphatic rings. The van der Waals surface area contributed by atoms with E-state index in [0.717, 1.165) is 47.9 Å². The van der Waals surface area contributed by atoms with E-state index in [1.165, 1.54) is 17.9 Å². The molecule has 42 heavy (non-hydrogen) atoms. The predicted molar refractivity (Wildman–Crippen MR) is 156 cm³/mol. The zero-order valence-corrected chi connectivity index (χ0v) is 24.4. The van der Waals surface area contributed by atoms with Gasteiger partial charge in [-0.1, -0.05) is 18.7 Å². The molecule has 12 heteroatoms. The third kappa shape index (κ3) is 6.59. The highest BCUT2D eigenvalue weighted by atomic mass is 19.4. The largest absolute Gasteiger partial charge is 0.416 e. The third-order valence-corrected chi connectivity index (χ3v) is 7.91. The van der Waals surface area contributed by atoms with Crippen molar-refractivity contribution >= 4 is 34.9 Å². The normalized spacial score (nSPS) is 17.9. The molecule has 2 aliphatic heterocycles. The van der Waals surface area contributed by atoms with Crippen LogP contribution in [0.15, 0.2) is 43.0 Å². The molecule has 0 radical (unpaired) electrons. The molecule has 1 aromatic heterocycles. The SMILES string of the molecule is C=CC(=O)N1CCN(CCN(C)c2c(C)cccc2N(C)C(=O)[C@@H]2CCC(=O)N2c2cc(C(F)(F)F)cc(C)n2)CC1. The first-order valence-corrected chi connectivity index (χ1v) is 13.9. The quantitative estimate of drug-likeness (QED) is 0.440. The summed E-state index contributed by atoms with van der Waals surface area (Å²) in [6, 6.07) is 6.39. The molecular formula is C30H37F3N6O3. The van der Waals surface area contributed by atoms with E-state index in [1.54, 1.807) is 11.9 Å². The molecule has 0 N–H and O–H groups in total. The van der Waals surface area contributed by atoms with Gasteiger partial charge in [0.25, 0.3) is 0 Å². The predicted octanol–water partition coefficient (Wildman–Crippen LogP) is 3.64. The first-order chi connectivity index (χ1) is 19.8. The van der Waals surface area contributed by atoms with Crippen LogP contribution in [0.2, 0.25) is 0 Å². The summed E-state index contributed by atoms with van der Waals surface area (Å²) in [5.41, 5.74) is 1.62. The Labute approximate surface area is 244 Å². The van der Waals surface area contributed by atoms with E-state index in [2.05, 4.69) is 21.4 Å². The number of para-hydroxylation sites is 1. The monoisotopic (exact) mass is 586 g/mol. The van der Waals surface area contributed by atoms with Gasteiger partial charge in [-0.15, -0.1) is 0 Å². The van der Waals surface area contributed by atoms with Crippen molar-refractivity contribution in [1.82, 2.24) is 14.8 Å². The molecule has 4 rings (SSSR count). The minimum absolute atomic E-state index is 0.0352. The van der Waals surface area contributed by atoms with Crippen molar-refractivity contribution in [2.75, 3.05) is 68.1 Å². The molecular weight excluding hydrogens is 549 g/mol. The lowest BCUT2D eigenvalue weighted by Gasteiger charge is -2.36. The molecule has 1 atom stereocenters. The van der Waals surface area contributed by atoms with Crippen LogP contribution in [0.4, 0.5) is 30.4 Å². The average molecular weight is 587 g/mol. The fraction of sp³-hybridized carbons (Fsp3) is 0.467. The number of nitrogens with zero attached hydrogens (tertiary/aromatic N) is 6. The Kier molecular flexibility index (Phi) is 9.24. The minimum Gasteiger partial charge on any atom is -0.371 e. The Morgan fingerprint density at radius 1 is 1.12 bits per heavy atom. The van der Waals surface area contributed by atoms with E-state index in [-0.39, 0.29) is 30.3 Å². The van der Waals surface area contributed by atoms with Gasteiger partial charge >= 0.3 is 6.18 Å². The second-order valence-electron chi connectivity index (χ2n) is 10.8. The van der Waals surface area contributed by atoms with Crippen LogP contribution in [0, 0.1) is 13.8 Å². The molecule has 9 nitrogen and oxygen atoms in total. The van der Waals surface area contributed by atoms with Crippen molar-refractivity contribution in [3.8, 4) is 0 Å². The molecule has 3 amide bonds. The van der Waals surface area contributed by atoms with Gasteiger partial charge in [-0.2, -0.15) is 13.2 Å². The fourth-order valence-corrected chi connectivity index (χ4v) is 5.62. The van der Waals surface area contributed by atoms with Crippen LogP contribution in [0.5, 0.6) is 0 Å². The summed E-state index contributed by atoms with van der Waals surface area (Å²) in [4.78, 5) is 51.5. The Bertz CT molecular complexity index is 1360. The number of aromatic nitrogens is 1. The highest BCUT2D eigenvalue weighted by Crippen LogP contribution is 2.36. The number of hydrogen-bond acceptors (Lipinski definition) is 6. The van der Waals surface area contributed by atoms with E-state index in [4.69, 9.17) is 0 Å². The molecule has 0 aliphatic carbocycles. The number of carbonyl (C=O) groups excluding carboxylic acids is 3. The van der Waals surface area contributed by atoms with Crippen molar-refractivity contribution < 1.29 is 27.6 Å². The van der Waals surface area contributed by atoms with Crippen LogP contribution >= 0.6 is 0 Å². The van der Waals surface area contributed by atoms with Gasteiger partial charge in [0.05, 0.1) is 16.9 Å². The number of hydrogen-bond donors (Lipinski definition) is 0. The van der Waals surface area contributed by atoms with E-state index in [1.807, 2.05) is 32.2 Å². The molecule has 3 heterocycles. The first kappa shape index (κ1) is 31.0. The van der Waals surface area contributed by atoms with Gasteiger partial charge in [-0.25, -0.2) is 4.98 Å². The van der Waals surface area contributed by atoms with Crippen LogP contribution in [0.1, 0.15) is 29.7 Å². The number of amides is 3. The summed E-state index contributed by atoms with van der Waals surface area (Å²) in [6.45, 7) is 11.1. The Hall–Kier alpha value is -3.93. The smallest absolute Gasteiger partial charge is 0.371 e. The summed E-state index contributed by atoms with van der Waals surface area (Å²) < 4.78 is 40.5. The highest BCUT2D eigenvalue weighted by Gasteiger charge is 2.41. The number of aryl methyl sites for hydroxylation is 2. The highest BCUT2D eigenvalue weighted by molar-refractivity contribution is 6.09. The van der Waals surface area contributed by atoms with Crippen LogP contribution < -0.4 is 14.7 Å². The number of benzene rings is 1. The molecule has 2 fully saturated rings. The van der Waals surface area contributed by atoms with Crippen molar-refractivity contribution in [2.45, 2.75) is 38.9 Å². The average Bonchev–Trinajstić information content (AvgIpc) is 3.35. The molecule has 0 saturated carbocycles. The van der Waals surface area contributed by atoms with Gasteiger partial charge in [-0.3, -0.25) is 24.2 Å². The first-order valence-electron chi connectivity index (χ1n) is 13.9. The van der Waals surface area contributed by atoms with E-state index < -0.39 is 29.6 Å². The van der Waals surface area contributed by atoms with Crippen LogP contribution in [0.25, 0.3) is 0 Å². The van der Waals surface area contributed by atoms with Crippen LogP contribution in [0.3, 0.4) is 0 Å². The number of rotatable bonds is 8. The zero-order valence-electron chi connectivity index (χ0n) is 24.4. The van der Waals surface area contributed by atoms with E-state index in [9.17, 15) is 27.6 Å². The number of halogens is 3. The van der Waals surface area contributed by atoms with Crippen molar-refractivity contribution in [3.63, 3.8) is 0 Å². The van der Waals surface area contributed by atoms with Crippen LogP contribution in [-0.2, 0) is 20.6 Å². The Morgan fingerprint density at radius 2 is 1.81 bits per heavy atom. The number of pyridine rings is 1. The minimum atomic E-state index is -4.61. The van der Waals surface area contributed by atoms with Crippen molar-refractivity contribution in [1.29, 1.82) is 0 Å². The van der Waals surface area contributed by atoms with Gasteiger partial charge in [0.15, 0.2) is 0 Å². The summed E-state index contributed by atoms with van der Waals surface area (Å²) >= 11 is 0. The maximum atomic E-state index is 13.9. The summed E-state index contributed by atoms with van der Waals surface area (Å²) in [6.07, 6.45) is -3.07. The summed E-state index contributed by atoms with van der Waals surface area (Å²) in [5.74, 6) is -1.08. The number of likely N-dealkylation sites (N-methyl/N-ethyl adjacent to an activating group) is 2. The van der Waals surface area contributed by atoms with Gasteiger partial charge < -0.3 is 14.7 Å². The Balaban J connectivity index is 1.52. The lowest BCUT2D eigenvalue weighted by molar-refractivity contribution is -0.137. The van der Waals surface area contributed by atoms with E-state index >= 15 is 0 Å². The van der Waals surface area contributed by atoms with Gasteiger partial charge in [-0.05, 0) is 50.1 Å². The van der Waals surface area contributed by atoms with Crippen molar-refractivity contribution in [3.05, 3.63) is 59.8 Å². The fourth-order valence-electron chi connectivity index (χ4n) is 5.62. The molecule has 0 unspecified atom stereocenters. The maximum absolute atomic E-state index is 13.9. The molecule has 2 saturated heterocycles. The van der Waals surface area contributed by atoms with Gasteiger partial charge in [0, 0.05) is 65.5 Å². The maximum Gasteiger partial charge on any atom is 0.416 e. The van der Waals surface area contributed by atoms with Crippen LogP contribution in [-0.4, -0.2) is 91.9 Å². The lowest BCUT2D eigenvalue weighted by Crippen LogP contribution is -2.49.